The van der Waals surface area contributed by atoms with Gasteiger partial charge >= 0.3 is 5.97 Å². The molecular weight excluding hydrogens is 254 g/mol. The summed E-state index contributed by atoms with van der Waals surface area (Å²) in [4.78, 5) is 22.5. The molecule has 0 heterocycles. The zero-order valence-corrected chi connectivity index (χ0v) is 11.6. The molecule has 0 radical (unpaired) electrons. The standard InChI is InChI=1S/C16H21NO3/c18-15(9-8-12-4-1-2-5-12)17-14-7-3-6-13(10-14)11-16(19)20/h3,6-7,10,12H,1-2,4-5,8-9,11H2,(H,17,18)(H,19,20). The predicted molar refractivity (Wildman–Crippen MR) is 77.6 cm³/mol. The molecule has 0 spiro atoms. The molecule has 1 aliphatic carbocycles. The Balaban J connectivity index is 1.82. The van der Waals surface area contributed by atoms with Gasteiger partial charge in [0, 0.05) is 12.1 Å². The van der Waals surface area contributed by atoms with Gasteiger partial charge in [0.2, 0.25) is 5.91 Å². The third-order valence-electron chi connectivity index (χ3n) is 3.82. The van der Waals surface area contributed by atoms with Crippen molar-refractivity contribution in [3.63, 3.8) is 0 Å². The number of hydrogen-bond acceptors (Lipinski definition) is 2. The third-order valence-corrected chi connectivity index (χ3v) is 3.82. The zero-order valence-electron chi connectivity index (χ0n) is 11.6. The van der Waals surface area contributed by atoms with E-state index < -0.39 is 5.97 Å². The van der Waals surface area contributed by atoms with Gasteiger partial charge < -0.3 is 10.4 Å². The first-order valence-corrected chi connectivity index (χ1v) is 7.24. The van der Waals surface area contributed by atoms with Gasteiger partial charge in [0.05, 0.1) is 6.42 Å². The number of hydrogen-bond donors (Lipinski definition) is 2. The average molecular weight is 275 g/mol. The van der Waals surface area contributed by atoms with E-state index in [0.717, 1.165) is 6.42 Å². The molecule has 1 fully saturated rings. The molecule has 0 unspecified atom stereocenters. The molecule has 108 valence electrons. The second kappa shape index (κ2) is 7.08. The van der Waals surface area contributed by atoms with Gasteiger partial charge in [-0.3, -0.25) is 9.59 Å². The van der Waals surface area contributed by atoms with Crippen LogP contribution >= 0.6 is 0 Å². The van der Waals surface area contributed by atoms with Crippen molar-refractivity contribution in [3.05, 3.63) is 29.8 Å². The van der Waals surface area contributed by atoms with Gasteiger partial charge in [-0.05, 0) is 30.0 Å². The minimum Gasteiger partial charge on any atom is -0.481 e. The van der Waals surface area contributed by atoms with Gasteiger partial charge in [-0.1, -0.05) is 37.8 Å². The molecule has 0 atom stereocenters. The molecule has 2 N–H and O–H groups in total. The summed E-state index contributed by atoms with van der Waals surface area (Å²) in [5.41, 5.74) is 1.38. The maximum absolute atomic E-state index is 11.9. The maximum atomic E-state index is 11.9. The van der Waals surface area contributed by atoms with E-state index in [0.29, 0.717) is 23.6 Å². The van der Waals surface area contributed by atoms with Gasteiger partial charge in [0.1, 0.15) is 0 Å². The molecule has 0 bridgehead atoms. The molecule has 2 rings (SSSR count). The van der Waals surface area contributed by atoms with E-state index in [1.807, 2.05) is 0 Å². The minimum absolute atomic E-state index is 0.0179. The molecule has 0 aliphatic heterocycles. The van der Waals surface area contributed by atoms with Crippen molar-refractivity contribution in [2.45, 2.75) is 44.9 Å². The van der Waals surface area contributed by atoms with Crippen LogP contribution < -0.4 is 5.32 Å². The lowest BCUT2D eigenvalue weighted by Crippen LogP contribution is -2.13. The van der Waals surface area contributed by atoms with E-state index in [9.17, 15) is 9.59 Å². The smallest absolute Gasteiger partial charge is 0.307 e. The Bertz CT molecular complexity index is 478. The average Bonchev–Trinajstić information content (AvgIpc) is 2.89. The van der Waals surface area contributed by atoms with Gasteiger partial charge in [0.15, 0.2) is 0 Å². The third kappa shape index (κ3) is 4.68. The number of aliphatic carboxylic acids is 1. The number of carbonyl (C=O) groups is 2. The molecule has 20 heavy (non-hydrogen) atoms. The highest BCUT2D eigenvalue weighted by Crippen LogP contribution is 2.28. The van der Waals surface area contributed by atoms with E-state index in [1.54, 1.807) is 24.3 Å². The lowest BCUT2D eigenvalue weighted by Gasteiger charge is -2.09. The van der Waals surface area contributed by atoms with Crippen molar-refractivity contribution in [2.75, 3.05) is 5.32 Å². The number of carbonyl (C=O) groups excluding carboxylic acids is 1. The molecule has 4 heteroatoms. The highest BCUT2D eigenvalue weighted by molar-refractivity contribution is 5.90. The summed E-state index contributed by atoms with van der Waals surface area (Å²) >= 11 is 0. The molecular formula is C16H21NO3. The molecule has 0 aromatic heterocycles. The van der Waals surface area contributed by atoms with Gasteiger partial charge in [0.25, 0.3) is 0 Å². The summed E-state index contributed by atoms with van der Waals surface area (Å²) in [6.45, 7) is 0. The summed E-state index contributed by atoms with van der Waals surface area (Å²) < 4.78 is 0. The second-order valence-electron chi connectivity index (χ2n) is 5.51. The summed E-state index contributed by atoms with van der Waals surface area (Å²) in [6.07, 6.45) is 6.58. The molecule has 1 aromatic rings. The monoisotopic (exact) mass is 275 g/mol. The number of amides is 1. The van der Waals surface area contributed by atoms with Gasteiger partial charge in [-0.15, -0.1) is 0 Å². The first-order chi connectivity index (χ1) is 9.63. The fourth-order valence-corrected chi connectivity index (χ4v) is 2.79. The summed E-state index contributed by atoms with van der Waals surface area (Å²) in [5.74, 6) is -0.141. The largest absolute Gasteiger partial charge is 0.481 e. The Hall–Kier alpha value is -1.84. The van der Waals surface area contributed by atoms with Gasteiger partial charge in [-0.2, -0.15) is 0 Å². The summed E-state index contributed by atoms with van der Waals surface area (Å²) in [6, 6.07) is 7.04. The topological polar surface area (TPSA) is 66.4 Å². The number of nitrogens with one attached hydrogen (secondary N) is 1. The first kappa shape index (κ1) is 14.6. The van der Waals surface area contributed by atoms with Crippen LogP contribution in [-0.2, 0) is 16.0 Å². The summed E-state index contributed by atoms with van der Waals surface area (Å²) in [7, 11) is 0. The Labute approximate surface area is 119 Å². The highest BCUT2D eigenvalue weighted by atomic mass is 16.4. The van der Waals surface area contributed by atoms with Crippen LogP contribution in [0.1, 0.15) is 44.1 Å². The Morgan fingerprint density at radius 3 is 2.70 bits per heavy atom. The number of carboxylic acid groups (broad SMARTS) is 1. The second-order valence-corrected chi connectivity index (χ2v) is 5.51. The van der Waals surface area contributed by atoms with Crippen molar-refractivity contribution in [2.24, 2.45) is 5.92 Å². The number of carboxylic acids is 1. The lowest BCUT2D eigenvalue weighted by atomic mass is 10.0. The van der Waals surface area contributed by atoms with Crippen LogP contribution in [0.15, 0.2) is 24.3 Å². The number of anilines is 1. The van der Waals surface area contributed by atoms with Crippen LogP contribution in [0, 0.1) is 5.92 Å². The fraction of sp³-hybridized carbons (Fsp3) is 0.500. The van der Waals surface area contributed by atoms with Crippen LogP contribution in [0.2, 0.25) is 0 Å². The Morgan fingerprint density at radius 1 is 1.25 bits per heavy atom. The number of rotatable bonds is 6. The van der Waals surface area contributed by atoms with Crippen LogP contribution in [0.3, 0.4) is 0 Å². The zero-order chi connectivity index (χ0) is 14.4. The van der Waals surface area contributed by atoms with E-state index >= 15 is 0 Å². The molecule has 1 aliphatic rings. The Kier molecular flexibility index (Phi) is 5.16. The normalized spacial score (nSPS) is 15.2. The Morgan fingerprint density at radius 2 is 2.00 bits per heavy atom. The van der Waals surface area contributed by atoms with Crippen molar-refractivity contribution in [1.29, 1.82) is 0 Å². The van der Waals surface area contributed by atoms with Crippen LogP contribution in [0.5, 0.6) is 0 Å². The molecule has 1 aromatic carbocycles. The highest BCUT2D eigenvalue weighted by Gasteiger charge is 2.16. The SMILES string of the molecule is O=C(O)Cc1cccc(NC(=O)CCC2CCCC2)c1. The predicted octanol–water partition coefficient (Wildman–Crippen LogP) is 3.22. The van der Waals surface area contributed by atoms with Crippen LogP contribution in [0.4, 0.5) is 5.69 Å². The first-order valence-electron chi connectivity index (χ1n) is 7.24. The van der Waals surface area contributed by atoms with Crippen molar-refractivity contribution in [3.8, 4) is 0 Å². The minimum atomic E-state index is -0.866. The molecule has 0 saturated heterocycles. The molecule has 1 saturated carbocycles. The quantitative estimate of drug-likeness (QED) is 0.837. The van der Waals surface area contributed by atoms with Gasteiger partial charge in [-0.25, -0.2) is 0 Å². The molecule has 4 nitrogen and oxygen atoms in total. The van der Waals surface area contributed by atoms with E-state index in [-0.39, 0.29) is 12.3 Å². The van der Waals surface area contributed by atoms with E-state index in [1.165, 1.54) is 25.7 Å². The van der Waals surface area contributed by atoms with Crippen molar-refractivity contribution < 1.29 is 14.7 Å². The fourth-order valence-electron chi connectivity index (χ4n) is 2.79. The maximum Gasteiger partial charge on any atom is 0.307 e. The number of benzene rings is 1. The van der Waals surface area contributed by atoms with Crippen LogP contribution in [-0.4, -0.2) is 17.0 Å². The van der Waals surface area contributed by atoms with E-state index in [2.05, 4.69) is 5.32 Å². The van der Waals surface area contributed by atoms with E-state index in [4.69, 9.17) is 5.11 Å². The van der Waals surface area contributed by atoms with Crippen molar-refractivity contribution >= 4 is 17.6 Å². The lowest BCUT2D eigenvalue weighted by molar-refractivity contribution is -0.136. The van der Waals surface area contributed by atoms with Crippen LogP contribution in [0.25, 0.3) is 0 Å². The summed E-state index contributed by atoms with van der Waals surface area (Å²) in [5, 5.41) is 11.6. The molecule has 1 amide bonds. The van der Waals surface area contributed by atoms with Crippen molar-refractivity contribution in [1.82, 2.24) is 0 Å².